The lowest BCUT2D eigenvalue weighted by molar-refractivity contribution is -0.131. The molecule has 3 aromatic rings. The SMILES string of the molecule is COc1ccc([C@H]2Nn3c(nnc3-c3ccccc3)S[C@@H]2C(=O)N2CCCCCC2)cc1. The van der Waals surface area contributed by atoms with Crippen LogP contribution in [0.25, 0.3) is 11.4 Å². The highest BCUT2D eigenvalue weighted by Gasteiger charge is 2.40. The van der Waals surface area contributed by atoms with Gasteiger partial charge in [-0.05, 0) is 30.5 Å². The van der Waals surface area contributed by atoms with Crippen LogP contribution in [0.5, 0.6) is 5.75 Å². The number of carbonyl (C=O) groups excluding carboxylic acids is 1. The van der Waals surface area contributed by atoms with Crippen LogP contribution in [0.1, 0.15) is 37.3 Å². The number of likely N-dealkylation sites (tertiary alicyclic amines) is 1. The Kier molecular flexibility index (Phi) is 6.03. The summed E-state index contributed by atoms with van der Waals surface area (Å²) in [7, 11) is 1.66. The van der Waals surface area contributed by atoms with Gasteiger partial charge in [0.05, 0.1) is 13.2 Å². The van der Waals surface area contributed by atoms with Crippen molar-refractivity contribution >= 4 is 17.7 Å². The van der Waals surface area contributed by atoms with Crippen molar-refractivity contribution in [3.8, 4) is 17.1 Å². The topological polar surface area (TPSA) is 72.3 Å². The summed E-state index contributed by atoms with van der Waals surface area (Å²) >= 11 is 1.50. The molecule has 1 fully saturated rings. The highest BCUT2D eigenvalue weighted by atomic mass is 32.2. The maximum atomic E-state index is 13.7. The predicted molar refractivity (Wildman–Crippen MR) is 125 cm³/mol. The molecule has 166 valence electrons. The number of thioether (sulfide) groups is 1. The molecule has 8 heteroatoms. The van der Waals surface area contributed by atoms with Crippen LogP contribution in [-0.4, -0.2) is 51.1 Å². The van der Waals surface area contributed by atoms with Crippen molar-refractivity contribution in [2.45, 2.75) is 42.1 Å². The van der Waals surface area contributed by atoms with Gasteiger partial charge in [0.15, 0.2) is 5.82 Å². The molecule has 0 radical (unpaired) electrons. The number of nitrogens with one attached hydrogen (secondary N) is 1. The van der Waals surface area contributed by atoms with Crippen molar-refractivity contribution in [2.24, 2.45) is 0 Å². The Hall–Kier alpha value is -3.00. The molecular formula is C24H27N5O2S. The van der Waals surface area contributed by atoms with E-state index in [2.05, 4.69) is 15.6 Å². The molecule has 1 N–H and O–H groups in total. The second-order valence-electron chi connectivity index (χ2n) is 8.17. The van der Waals surface area contributed by atoms with E-state index in [9.17, 15) is 4.79 Å². The molecule has 2 aliphatic heterocycles. The van der Waals surface area contributed by atoms with Gasteiger partial charge in [-0.3, -0.25) is 4.79 Å². The van der Waals surface area contributed by atoms with E-state index in [0.29, 0.717) is 5.16 Å². The first-order valence-electron chi connectivity index (χ1n) is 11.1. The first kappa shape index (κ1) is 20.9. The molecule has 5 rings (SSSR count). The van der Waals surface area contributed by atoms with Gasteiger partial charge in [0.1, 0.15) is 11.0 Å². The van der Waals surface area contributed by atoms with E-state index < -0.39 is 0 Å². The van der Waals surface area contributed by atoms with Gasteiger partial charge in [-0.1, -0.05) is 67.1 Å². The molecule has 2 aromatic carbocycles. The zero-order chi connectivity index (χ0) is 21.9. The van der Waals surface area contributed by atoms with Gasteiger partial charge >= 0.3 is 0 Å². The second-order valence-corrected chi connectivity index (χ2v) is 9.27. The lowest BCUT2D eigenvalue weighted by Crippen LogP contribution is -2.46. The minimum Gasteiger partial charge on any atom is -0.497 e. The number of ether oxygens (including phenoxy) is 1. The quantitative estimate of drug-likeness (QED) is 0.646. The number of nitrogens with zero attached hydrogens (tertiary/aromatic N) is 4. The van der Waals surface area contributed by atoms with Gasteiger partial charge in [0, 0.05) is 18.7 Å². The van der Waals surface area contributed by atoms with E-state index in [0.717, 1.165) is 48.6 Å². The molecule has 0 unspecified atom stereocenters. The van der Waals surface area contributed by atoms with E-state index in [-0.39, 0.29) is 17.2 Å². The lowest BCUT2D eigenvalue weighted by Gasteiger charge is -2.35. The van der Waals surface area contributed by atoms with Gasteiger partial charge < -0.3 is 15.1 Å². The number of benzene rings is 2. The van der Waals surface area contributed by atoms with E-state index in [4.69, 9.17) is 4.74 Å². The number of fused-ring (bicyclic) bond motifs is 1. The Labute approximate surface area is 192 Å². The molecule has 32 heavy (non-hydrogen) atoms. The number of hydrogen-bond acceptors (Lipinski definition) is 6. The van der Waals surface area contributed by atoms with Gasteiger partial charge in [-0.15, -0.1) is 10.2 Å². The van der Waals surface area contributed by atoms with Crippen LogP contribution in [0.15, 0.2) is 59.8 Å². The van der Waals surface area contributed by atoms with Gasteiger partial charge in [-0.25, -0.2) is 4.68 Å². The fraction of sp³-hybridized carbons (Fsp3) is 0.375. The van der Waals surface area contributed by atoms with Crippen molar-refractivity contribution in [3.63, 3.8) is 0 Å². The number of amides is 1. The Morgan fingerprint density at radius 1 is 1.00 bits per heavy atom. The molecule has 3 heterocycles. The summed E-state index contributed by atoms with van der Waals surface area (Å²) in [5.41, 5.74) is 5.58. The molecular weight excluding hydrogens is 422 g/mol. The number of aromatic nitrogens is 3. The Morgan fingerprint density at radius 2 is 1.72 bits per heavy atom. The standard InChI is InChI=1S/C24H27N5O2S/c1-31-19-13-11-17(12-14-19)20-21(23(30)28-15-7-2-3-8-16-28)32-24-26-25-22(29(24)27-20)18-9-5-4-6-10-18/h4-6,9-14,20-21,27H,2-3,7-8,15-16H2,1H3/t20-,21+/m1/s1. The van der Waals surface area contributed by atoms with E-state index in [1.54, 1.807) is 7.11 Å². The number of carbonyl (C=O) groups is 1. The molecule has 7 nitrogen and oxygen atoms in total. The fourth-order valence-corrected chi connectivity index (χ4v) is 5.51. The van der Waals surface area contributed by atoms with Crippen LogP contribution in [0.3, 0.4) is 0 Å². The molecule has 1 aromatic heterocycles. The summed E-state index contributed by atoms with van der Waals surface area (Å²) in [6.45, 7) is 1.65. The average Bonchev–Trinajstić information content (AvgIpc) is 3.07. The highest BCUT2D eigenvalue weighted by Crippen LogP contribution is 2.40. The molecule has 0 bridgehead atoms. The summed E-state index contributed by atoms with van der Waals surface area (Å²) in [5, 5.41) is 9.23. The monoisotopic (exact) mass is 449 g/mol. The first-order chi connectivity index (χ1) is 15.7. The Balaban J connectivity index is 1.51. The predicted octanol–water partition coefficient (Wildman–Crippen LogP) is 4.12. The minimum absolute atomic E-state index is 0.167. The van der Waals surface area contributed by atoms with Crippen molar-refractivity contribution in [1.82, 2.24) is 19.8 Å². The summed E-state index contributed by atoms with van der Waals surface area (Å²) in [4.78, 5) is 15.7. The second kappa shape index (κ2) is 9.24. The molecule has 0 aliphatic carbocycles. The summed E-state index contributed by atoms with van der Waals surface area (Å²) in [6.07, 6.45) is 4.52. The van der Waals surface area contributed by atoms with Crippen LogP contribution >= 0.6 is 11.8 Å². The molecule has 2 atom stereocenters. The van der Waals surface area contributed by atoms with Crippen LogP contribution in [0.4, 0.5) is 0 Å². The minimum atomic E-state index is -0.318. The maximum absolute atomic E-state index is 13.7. The van der Waals surface area contributed by atoms with Crippen molar-refractivity contribution in [1.29, 1.82) is 0 Å². The highest BCUT2D eigenvalue weighted by molar-refractivity contribution is 8.00. The molecule has 1 amide bonds. The van der Waals surface area contributed by atoms with E-state index in [1.807, 2.05) is 64.2 Å². The van der Waals surface area contributed by atoms with Crippen LogP contribution in [0.2, 0.25) is 0 Å². The van der Waals surface area contributed by atoms with Gasteiger partial charge in [0.25, 0.3) is 0 Å². The smallest absolute Gasteiger partial charge is 0.238 e. The lowest BCUT2D eigenvalue weighted by atomic mass is 10.0. The van der Waals surface area contributed by atoms with Crippen LogP contribution < -0.4 is 10.2 Å². The summed E-state index contributed by atoms with van der Waals surface area (Å²) in [5.74, 6) is 1.70. The van der Waals surface area contributed by atoms with Crippen molar-refractivity contribution in [2.75, 3.05) is 25.6 Å². The zero-order valence-corrected chi connectivity index (χ0v) is 18.9. The molecule has 2 aliphatic rings. The van der Waals surface area contributed by atoms with Crippen molar-refractivity contribution < 1.29 is 9.53 Å². The largest absolute Gasteiger partial charge is 0.497 e. The van der Waals surface area contributed by atoms with Crippen molar-refractivity contribution in [3.05, 3.63) is 60.2 Å². The first-order valence-corrected chi connectivity index (χ1v) is 12.0. The zero-order valence-electron chi connectivity index (χ0n) is 18.1. The third-order valence-electron chi connectivity index (χ3n) is 6.10. The average molecular weight is 450 g/mol. The van der Waals surface area contributed by atoms with Crippen LogP contribution in [0, 0.1) is 0 Å². The number of hydrogen-bond donors (Lipinski definition) is 1. The van der Waals surface area contributed by atoms with Crippen LogP contribution in [-0.2, 0) is 4.79 Å². The summed E-state index contributed by atoms with van der Waals surface area (Å²) in [6, 6.07) is 17.7. The van der Waals surface area contributed by atoms with Gasteiger partial charge in [0.2, 0.25) is 11.1 Å². The summed E-state index contributed by atoms with van der Waals surface area (Å²) < 4.78 is 7.25. The Morgan fingerprint density at radius 3 is 2.41 bits per heavy atom. The van der Waals surface area contributed by atoms with E-state index >= 15 is 0 Å². The van der Waals surface area contributed by atoms with Gasteiger partial charge in [-0.2, -0.15) is 0 Å². The third-order valence-corrected chi connectivity index (χ3v) is 7.31. The normalized spacial score (nSPS) is 20.7. The number of methoxy groups -OCH3 is 1. The Bertz CT molecular complexity index is 1060. The third kappa shape index (κ3) is 4.07. The molecule has 0 spiro atoms. The van der Waals surface area contributed by atoms with E-state index in [1.165, 1.54) is 24.6 Å². The number of rotatable bonds is 4. The molecule has 0 saturated carbocycles. The maximum Gasteiger partial charge on any atom is 0.238 e. The molecule has 1 saturated heterocycles. The fourth-order valence-electron chi connectivity index (χ4n) is 4.35.